The predicted octanol–water partition coefficient (Wildman–Crippen LogP) is 2.55. The zero-order valence-corrected chi connectivity index (χ0v) is 8.79. The molecule has 0 aromatic heterocycles. The lowest BCUT2D eigenvalue weighted by molar-refractivity contribution is -0.147. The minimum atomic E-state index is -0.970. The summed E-state index contributed by atoms with van der Waals surface area (Å²) in [5.74, 6) is -0.929. The van der Waals surface area contributed by atoms with Gasteiger partial charge in [-0.15, -0.1) is 0 Å². The number of aliphatic carboxylic acids is 1. The second kappa shape index (κ2) is 3.42. The number of carboxylic acid groups (broad SMARTS) is 1. The van der Waals surface area contributed by atoms with Crippen LogP contribution in [0.4, 0.5) is 0 Å². The Balaban J connectivity index is 2.57. The minimum absolute atomic E-state index is 0.0235. The zero-order valence-electron chi connectivity index (χ0n) is 8.03. The van der Waals surface area contributed by atoms with Crippen LogP contribution in [0.1, 0.15) is 24.8 Å². The van der Waals surface area contributed by atoms with Gasteiger partial charge in [-0.05, 0) is 25.0 Å². The molecule has 0 saturated heterocycles. The Morgan fingerprint density at radius 3 is 2.47 bits per heavy atom. The van der Waals surface area contributed by atoms with E-state index in [-0.39, 0.29) is 5.75 Å². The molecule has 2 rings (SSSR count). The van der Waals surface area contributed by atoms with Crippen LogP contribution in [0.3, 0.4) is 0 Å². The molecule has 0 amide bonds. The summed E-state index contributed by atoms with van der Waals surface area (Å²) in [6, 6.07) is 4.69. The summed E-state index contributed by atoms with van der Waals surface area (Å²) in [5, 5.41) is 19.2. The number of phenolic OH excluding ortho intramolecular Hbond substituents is 1. The highest BCUT2D eigenvalue weighted by atomic mass is 35.5. The Bertz CT molecular complexity index is 390. The SMILES string of the molecule is O=C(O)C1(c2c(O)cccc2Cl)CCC1. The fourth-order valence-electron chi connectivity index (χ4n) is 2.09. The van der Waals surface area contributed by atoms with E-state index in [0.717, 1.165) is 6.42 Å². The van der Waals surface area contributed by atoms with E-state index in [4.69, 9.17) is 11.6 Å². The van der Waals surface area contributed by atoms with Gasteiger partial charge in [0.15, 0.2) is 0 Å². The molecular weight excluding hydrogens is 216 g/mol. The van der Waals surface area contributed by atoms with Gasteiger partial charge in [0.05, 0.1) is 5.41 Å². The summed E-state index contributed by atoms with van der Waals surface area (Å²) in [6.45, 7) is 0. The number of halogens is 1. The maximum atomic E-state index is 11.2. The largest absolute Gasteiger partial charge is 0.508 e. The maximum Gasteiger partial charge on any atom is 0.314 e. The van der Waals surface area contributed by atoms with Crippen molar-refractivity contribution in [2.45, 2.75) is 24.7 Å². The Labute approximate surface area is 92.3 Å². The molecule has 1 aliphatic rings. The van der Waals surface area contributed by atoms with Crippen LogP contribution in [-0.4, -0.2) is 16.2 Å². The number of rotatable bonds is 2. The molecule has 1 aromatic carbocycles. The average molecular weight is 227 g/mol. The Kier molecular flexibility index (Phi) is 2.35. The van der Waals surface area contributed by atoms with Crippen LogP contribution >= 0.6 is 11.6 Å². The van der Waals surface area contributed by atoms with Crippen LogP contribution in [0.25, 0.3) is 0 Å². The first-order valence-corrected chi connectivity index (χ1v) is 5.17. The van der Waals surface area contributed by atoms with Crippen molar-refractivity contribution in [2.75, 3.05) is 0 Å². The van der Waals surface area contributed by atoms with Gasteiger partial charge in [-0.25, -0.2) is 0 Å². The molecule has 3 nitrogen and oxygen atoms in total. The van der Waals surface area contributed by atoms with Crippen molar-refractivity contribution in [1.29, 1.82) is 0 Å². The van der Waals surface area contributed by atoms with Crippen LogP contribution in [-0.2, 0) is 10.2 Å². The first kappa shape index (κ1) is 10.3. The van der Waals surface area contributed by atoms with Gasteiger partial charge in [-0.3, -0.25) is 4.79 Å². The molecule has 1 aliphatic carbocycles. The summed E-state index contributed by atoms with van der Waals surface area (Å²) < 4.78 is 0. The third kappa shape index (κ3) is 1.38. The first-order chi connectivity index (χ1) is 7.08. The minimum Gasteiger partial charge on any atom is -0.508 e. The number of hydrogen-bond donors (Lipinski definition) is 2. The van der Waals surface area contributed by atoms with E-state index in [2.05, 4.69) is 0 Å². The quantitative estimate of drug-likeness (QED) is 0.815. The molecule has 2 N–H and O–H groups in total. The standard InChI is InChI=1S/C11H11ClO3/c12-7-3-1-4-8(13)9(7)11(10(14)15)5-2-6-11/h1,3-4,13H,2,5-6H2,(H,14,15). The van der Waals surface area contributed by atoms with E-state index >= 15 is 0 Å². The van der Waals surface area contributed by atoms with Gasteiger partial charge >= 0.3 is 5.97 Å². The van der Waals surface area contributed by atoms with E-state index < -0.39 is 11.4 Å². The van der Waals surface area contributed by atoms with Gasteiger partial charge in [0, 0.05) is 10.6 Å². The number of carboxylic acids is 1. The van der Waals surface area contributed by atoms with Crippen molar-refractivity contribution in [3.05, 3.63) is 28.8 Å². The van der Waals surface area contributed by atoms with Crippen LogP contribution in [0.5, 0.6) is 5.75 Å². The second-order valence-electron chi connectivity index (χ2n) is 3.87. The number of phenols is 1. The second-order valence-corrected chi connectivity index (χ2v) is 4.28. The summed E-state index contributed by atoms with van der Waals surface area (Å²) in [7, 11) is 0. The zero-order chi connectivity index (χ0) is 11.1. The number of hydrogen-bond acceptors (Lipinski definition) is 2. The van der Waals surface area contributed by atoms with Crippen molar-refractivity contribution in [3.63, 3.8) is 0 Å². The Morgan fingerprint density at radius 2 is 2.07 bits per heavy atom. The van der Waals surface area contributed by atoms with Gasteiger partial charge in [-0.2, -0.15) is 0 Å². The molecule has 1 fully saturated rings. The summed E-state index contributed by atoms with van der Waals surface area (Å²) in [6.07, 6.45) is 1.94. The van der Waals surface area contributed by atoms with E-state index in [1.54, 1.807) is 12.1 Å². The molecule has 0 radical (unpaired) electrons. The van der Waals surface area contributed by atoms with E-state index in [0.29, 0.717) is 23.4 Å². The molecule has 0 spiro atoms. The normalized spacial score (nSPS) is 18.2. The highest BCUT2D eigenvalue weighted by Gasteiger charge is 2.48. The molecule has 4 heteroatoms. The fourth-order valence-corrected chi connectivity index (χ4v) is 2.44. The van der Waals surface area contributed by atoms with Crippen LogP contribution in [0.2, 0.25) is 5.02 Å². The Hall–Kier alpha value is -1.22. The molecule has 1 saturated carbocycles. The van der Waals surface area contributed by atoms with Crippen molar-refractivity contribution in [1.82, 2.24) is 0 Å². The topological polar surface area (TPSA) is 57.5 Å². The first-order valence-electron chi connectivity index (χ1n) is 4.79. The molecule has 0 aliphatic heterocycles. The fraction of sp³-hybridized carbons (Fsp3) is 0.364. The predicted molar refractivity (Wildman–Crippen MR) is 56.3 cm³/mol. The molecular formula is C11H11ClO3. The molecule has 0 atom stereocenters. The summed E-state index contributed by atoms with van der Waals surface area (Å²) in [5.41, 5.74) is -0.604. The molecule has 0 unspecified atom stereocenters. The average Bonchev–Trinajstić information content (AvgIpc) is 2.07. The van der Waals surface area contributed by atoms with Gasteiger partial charge < -0.3 is 10.2 Å². The molecule has 0 heterocycles. The van der Waals surface area contributed by atoms with E-state index in [1.165, 1.54) is 6.07 Å². The smallest absolute Gasteiger partial charge is 0.314 e. The van der Waals surface area contributed by atoms with Crippen molar-refractivity contribution in [3.8, 4) is 5.75 Å². The van der Waals surface area contributed by atoms with Crippen LogP contribution < -0.4 is 0 Å². The van der Waals surface area contributed by atoms with E-state index in [9.17, 15) is 15.0 Å². The lowest BCUT2D eigenvalue weighted by Crippen LogP contribution is -2.42. The van der Waals surface area contributed by atoms with Gasteiger partial charge in [0.2, 0.25) is 0 Å². The van der Waals surface area contributed by atoms with Crippen molar-refractivity contribution in [2.24, 2.45) is 0 Å². The van der Waals surface area contributed by atoms with Gasteiger partial charge in [0.25, 0.3) is 0 Å². The van der Waals surface area contributed by atoms with Crippen molar-refractivity contribution >= 4 is 17.6 Å². The third-order valence-corrected chi connectivity index (χ3v) is 3.40. The maximum absolute atomic E-state index is 11.2. The van der Waals surface area contributed by atoms with E-state index in [1.807, 2.05) is 0 Å². The monoisotopic (exact) mass is 226 g/mol. The molecule has 80 valence electrons. The Morgan fingerprint density at radius 1 is 1.40 bits per heavy atom. The summed E-state index contributed by atoms with van der Waals surface area (Å²) >= 11 is 5.95. The highest BCUT2D eigenvalue weighted by Crippen LogP contribution is 2.49. The van der Waals surface area contributed by atoms with Crippen LogP contribution in [0, 0.1) is 0 Å². The highest BCUT2D eigenvalue weighted by molar-refractivity contribution is 6.32. The third-order valence-electron chi connectivity index (χ3n) is 3.09. The summed E-state index contributed by atoms with van der Waals surface area (Å²) in [4.78, 5) is 11.2. The molecule has 15 heavy (non-hydrogen) atoms. The number of benzene rings is 1. The molecule has 1 aromatic rings. The number of carbonyl (C=O) groups is 1. The molecule has 0 bridgehead atoms. The van der Waals surface area contributed by atoms with Gasteiger partial charge in [-0.1, -0.05) is 24.1 Å². The number of aromatic hydroxyl groups is 1. The van der Waals surface area contributed by atoms with Gasteiger partial charge in [0.1, 0.15) is 5.75 Å². The van der Waals surface area contributed by atoms with Crippen LogP contribution in [0.15, 0.2) is 18.2 Å². The lowest BCUT2D eigenvalue weighted by Gasteiger charge is -2.38. The van der Waals surface area contributed by atoms with Crippen molar-refractivity contribution < 1.29 is 15.0 Å². The lowest BCUT2D eigenvalue weighted by atomic mass is 9.64.